The van der Waals surface area contributed by atoms with E-state index in [9.17, 15) is 9.59 Å². The number of rotatable bonds is 7. The molecule has 1 aromatic heterocycles. The van der Waals surface area contributed by atoms with Gasteiger partial charge in [-0.25, -0.2) is 0 Å². The molecule has 4 rings (SSSR count). The average Bonchev–Trinajstić information content (AvgIpc) is 3.17. The molecule has 1 fully saturated rings. The Morgan fingerprint density at radius 1 is 1.03 bits per heavy atom. The van der Waals surface area contributed by atoms with Gasteiger partial charge in [0.15, 0.2) is 0 Å². The van der Waals surface area contributed by atoms with Crippen molar-refractivity contribution in [3.63, 3.8) is 0 Å². The van der Waals surface area contributed by atoms with E-state index in [4.69, 9.17) is 10.00 Å². The molecule has 2 unspecified atom stereocenters. The van der Waals surface area contributed by atoms with Gasteiger partial charge in [0, 0.05) is 43.3 Å². The number of benzene rings is 2. The molecule has 2 atom stereocenters. The van der Waals surface area contributed by atoms with Crippen molar-refractivity contribution in [3.8, 4) is 22.9 Å². The van der Waals surface area contributed by atoms with Crippen LogP contribution in [0.5, 0.6) is 5.75 Å². The van der Waals surface area contributed by atoms with Crippen molar-refractivity contribution >= 4 is 11.8 Å². The molecule has 160 valence electrons. The molecule has 2 amide bonds. The molecule has 1 aliphatic rings. The third-order valence-electron chi connectivity index (χ3n) is 5.60. The van der Waals surface area contributed by atoms with Crippen LogP contribution in [0.25, 0.3) is 11.1 Å². The molecule has 2 heterocycles. The first kappa shape index (κ1) is 21.3. The molecule has 0 spiro atoms. The fourth-order valence-corrected chi connectivity index (χ4v) is 3.98. The Hall–Kier alpha value is -3.98. The van der Waals surface area contributed by atoms with Crippen molar-refractivity contribution < 1.29 is 14.3 Å². The van der Waals surface area contributed by atoms with Crippen LogP contribution in [0.15, 0.2) is 73.1 Å². The molecule has 2 aromatic carbocycles. The highest BCUT2D eigenvalue weighted by molar-refractivity contribution is 6.02. The van der Waals surface area contributed by atoms with E-state index >= 15 is 0 Å². The highest BCUT2D eigenvalue weighted by Gasteiger charge is 2.34. The number of hydrogen-bond acceptors (Lipinski definition) is 5. The third kappa shape index (κ3) is 4.68. The molecule has 6 heteroatoms. The highest BCUT2D eigenvalue weighted by Crippen LogP contribution is 2.30. The van der Waals surface area contributed by atoms with E-state index in [1.165, 1.54) is 4.90 Å². The predicted molar refractivity (Wildman–Crippen MR) is 119 cm³/mol. The first-order valence-electron chi connectivity index (χ1n) is 10.6. The molecule has 0 aliphatic carbocycles. The van der Waals surface area contributed by atoms with Crippen LogP contribution in [-0.4, -0.2) is 27.7 Å². The second kappa shape index (κ2) is 9.44. The molecular formula is C26H23N3O3. The van der Waals surface area contributed by atoms with Crippen LogP contribution in [-0.2, 0) is 9.59 Å². The maximum absolute atomic E-state index is 12.2. The maximum Gasteiger partial charge on any atom is 0.229 e. The Balaban J connectivity index is 1.54. The number of nitriles is 1. The van der Waals surface area contributed by atoms with Crippen LogP contribution in [0.4, 0.5) is 0 Å². The van der Waals surface area contributed by atoms with Crippen molar-refractivity contribution in [1.29, 1.82) is 5.26 Å². The van der Waals surface area contributed by atoms with Gasteiger partial charge in [-0.1, -0.05) is 30.3 Å². The second-order valence-corrected chi connectivity index (χ2v) is 7.85. The lowest BCUT2D eigenvalue weighted by molar-refractivity contribution is -0.141. The quantitative estimate of drug-likeness (QED) is 0.514. The maximum atomic E-state index is 12.2. The summed E-state index contributed by atoms with van der Waals surface area (Å²) in [5.41, 5.74) is 3.43. The summed E-state index contributed by atoms with van der Waals surface area (Å²) < 4.78 is 6.30. The zero-order valence-electron chi connectivity index (χ0n) is 17.8. The Morgan fingerprint density at radius 3 is 2.44 bits per heavy atom. The van der Waals surface area contributed by atoms with Crippen molar-refractivity contribution in [2.75, 3.05) is 0 Å². The van der Waals surface area contributed by atoms with Gasteiger partial charge in [-0.15, -0.1) is 0 Å². The molecular weight excluding hydrogens is 402 g/mol. The largest absolute Gasteiger partial charge is 0.486 e. The van der Waals surface area contributed by atoms with Crippen molar-refractivity contribution in [3.05, 3.63) is 84.2 Å². The fourth-order valence-electron chi connectivity index (χ4n) is 3.98. The monoisotopic (exact) mass is 425 g/mol. The summed E-state index contributed by atoms with van der Waals surface area (Å²) in [7, 11) is 0. The number of ether oxygens (including phenoxy) is 1. The van der Waals surface area contributed by atoms with E-state index in [1.807, 2.05) is 61.5 Å². The zero-order valence-corrected chi connectivity index (χ0v) is 17.8. The number of aromatic nitrogens is 1. The summed E-state index contributed by atoms with van der Waals surface area (Å²) in [6.45, 7) is 1.87. The van der Waals surface area contributed by atoms with Crippen LogP contribution in [0.3, 0.4) is 0 Å². The number of pyridine rings is 1. The number of imide groups is 1. The molecule has 1 aliphatic heterocycles. The van der Waals surface area contributed by atoms with E-state index in [0.717, 1.165) is 16.7 Å². The number of carbonyl (C=O) groups excluding carboxylic acids is 2. The minimum atomic E-state index is -0.368. The van der Waals surface area contributed by atoms with E-state index in [-0.39, 0.29) is 36.8 Å². The van der Waals surface area contributed by atoms with Crippen LogP contribution in [0.1, 0.15) is 43.4 Å². The van der Waals surface area contributed by atoms with Gasteiger partial charge in [-0.05, 0) is 48.4 Å². The van der Waals surface area contributed by atoms with Gasteiger partial charge in [0.05, 0.1) is 11.6 Å². The van der Waals surface area contributed by atoms with Crippen molar-refractivity contribution in [2.24, 2.45) is 0 Å². The number of nitrogens with zero attached hydrogens (tertiary/aromatic N) is 3. The summed E-state index contributed by atoms with van der Waals surface area (Å²) in [6, 6.07) is 20.8. The molecule has 0 radical (unpaired) electrons. The summed E-state index contributed by atoms with van der Waals surface area (Å²) in [6.07, 6.45) is 4.09. The van der Waals surface area contributed by atoms with Gasteiger partial charge in [-0.2, -0.15) is 5.26 Å². The number of hydrogen-bond donors (Lipinski definition) is 0. The highest BCUT2D eigenvalue weighted by atomic mass is 16.5. The second-order valence-electron chi connectivity index (χ2n) is 7.85. The Morgan fingerprint density at radius 2 is 1.78 bits per heavy atom. The molecule has 0 saturated carbocycles. The van der Waals surface area contributed by atoms with Gasteiger partial charge < -0.3 is 4.74 Å². The molecule has 0 N–H and O–H groups in total. The van der Waals surface area contributed by atoms with Crippen LogP contribution in [0.2, 0.25) is 0 Å². The lowest BCUT2D eigenvalue weighted by Gasteiger charge is -2.27. The van der Waals surface area contributed by atoms with Crippen LogP contribution >= 0.6 is 0 Å². The summed E-state index contributed by atoms with van der Waals surface area (Å²) >= 11 is 0. The lowest BCUT2D eigenvalue weighted by atomic mass is 10.0. The SMILES string of the molecule is CC(CC(Oc1ccc(-c2cccc(C#N)c2)cc1)c1cccnc1)N1C(=O)CCC1=O. The van der Waals surface area contributed by atoms with Gasteiger partial charge in [-0.3, -0.25) is 19.5 Å². The van der Waals surface area contributed by atoms with E-state index < -0.39 is 0 Å². The van der Waals surface area contributed by atoms with E-state index in [2.05, 4.69) is 11.1 Å². The first-order valence-corrected chi connectivity index (χ1v) is 10.6. The normalized spacial score (nSPS) is 15.3. The minimum absolute atomic E-state index is 0.128. The van der Waals surface area contributed by atoms with Gasteiger partial charge in [0.25, 0.3) is 0 Å². The fraction of sp³-hybridized carbons (Fsp3) is 0.231. The van der Waals surface area contributed by atoms with Gasteiger partial charge in [0.1, 0.15) is 11.9 Å². The zero-order chi connectivity index (χ0) is 22.5. The van der Waals surface area contributed by atoms with Gasteiger partial charge in [0.2, 0.25) is 11.8 Å². The summed E-state index contributed by atoms with van der Waals surface area (Å²) in [5, 5.41) is 9.12. The molecule has 1 saturated heterocycles. The summed E-state index contributed by atoms with van der Waals surface area (Å²) in [4.78, 5) is 29.9. The average molecular weight is 425 g/mol. The number of carbonyl (C=O) groups is 2. The molecule has 0 bridgehead atoms. The number of likely N-dealkylation sites (tertiary alicyclic amines) is 1. The third-order valence-corrected chi connectivity index (χ3v) is 5.60. The predicted octanol–water partition coefficient (Wildman–Crippen LogP) is 4.67. The molecule has 3 aromatic rings. The van der Waals surface area contributed by atoms with Crippen LogP contribution < -0.4 is 4.74 Å². The molecule has 6 nitrogen and oxygen atoms in total. The van der Waals surface area contributed by atoms with Crippen molar-refractivity contribution in [2.45, 2.75) is 38.3 Å². The van der Waals surface area contributed by atoms with Gasteiger partial charge >= 0.3 is 0 Å². The minimum Gasteiger partial charge on any atom is -0.486 e. The van der Waals surface area contributed by atoms with E-state index in [1.54, 1.807) is 18.5 Å². The Bertz CT molecular complexity index is 1140. The smallest absolute Gasteiger partial charge is 0.229 e. The topological polar surface area (TPSA) is 83.3 Å². The Kier molecular flexibility index (Phi) is 6.27. The number of amides is 2. The lowest BCUT2D eigenvalue weighted by Crippen LogP contribution is -2.38. The molecule has 32 heavy (non-hydrogen) atoms. The standard InChI is InChI=1S/C26H23N3O3/c1-18(29-25(30)11-12-26(29)31)14-24(22-6-3-13-28-17-22)32-23-9-7-20(8-10-23)21-5-2-4-19(15-21)16-27/h2-10,13,15,17-18,24H,11-12,14H2,1H3. The first-order chi connectivity index (χ1) is 15.5. The Labute approximate surface area is 187 Å². The summed E-state index contributed by atoms with van der Waals surface area (Å²) in [5.74, 6) is 0.415. The van der Waals surface area contributed by atoms with E-state index in [0.29, 0.717) is 17.7 Å². The van der Waals surface area contributed by atoms with Crippen molar-refractivity contribution in [1.82, 2.24) is 9.88 Å². The van der Waals surface area contributed by atoms with Crippen LogP contribution in [0, 0.1) is 11.3 Å².